The third kappa shape index (κ3) is 8.29. The van der Waals surface area contributed by atoms with E-state index in [0.717, 1.165) is 0 Å². The van der Waals surface area contributed by atoms with Gasteiger partial charge in [0.2, 0.25) is 7.51 Å². The zero-order valence-corrected chi connectivity index (χ0v) is 27.3. The SMILES string of the molecule is CC(C)OC(=O)NN(C(=O)OC(C)C)P1(=NC(C)(C)C)N(C(C)(C)C)P(NC(C)(C)C)N1C(C)(C)C. The van der Waals surface area contributed by atoms with E-state index in [0.29, 0.717) is 0 Å². The highest BCUT2D eigenvalue weighted by Crippen LogP contribution is 2.87. The molecule has 1 aliphatic rings. The van der Waals surface area contributed by atoms with Crippen LogP contribution in [0.1, 0.15) is 111 Å². The van der Waals surface area contributed by atoms with Crippen LogP contribution in [0.2, 0.25) is 0 Å². The van der Waals surface area contributed by atoms with Crippen molar-refractivity contribution in [3.8, 4) is 0 Å². The van der Waals surface area contributed by atoms with Gasteiger partial charge in [0.1, 0.15) is 8.37 Å². The van der Waals surface area contributed by atoms with Crippen molar-refractivity contribution in [2.45, 2.75) is 145 Å². The van der Waals surface area contributed by atoms with E-state index < -0.39 is 44.7 Å². The van der Waals surface area contributed by atoms with E-state index in [1.807, 2.05) is 20.8 Å². The molecule has 0 radical (unpaired) electrons. The van der Waals surface area contributed by atoms with E-state index in [2.05, 4.69) is 81.7 Å². The third-order valence-electron chi connectivity index (χ3n) is 4.25. The number of carbonyl (C=O) groups excluding carboxylic acids is 2. The van der Waals surface area contributed by atoms with Crippen molar-refractivity contribution in [2.24, 2.45) is 4.74 Å². The van der Waals surface area contributed by atoms with Crippen LogP contribution in [-0.2, 0) is 9.47 Å². The molecule has 0 aliphatic carbocycles. The molecule has 1 heterocycles. The Morgan fingerprint density at radius 2 is 1.22 bits per heavy atom. The molecule has 0 unspecified atom stereocenters. The summed E-state index contributed by atoms with van der Waals surface area (Å²) in [6.07, 6.45) is -2.14. The Bertz CT molecular complexity index is 825. The van der Waals surface area contributed by atoms with Gasteiger partial charge in [0.05, 0.1) is 17.7 Å². The van der Waals surface area contributed by atoms with Gasteiger partial charge in [0, 0.05) is 16.6 Å². The average molecular weight is 551 g/mol. The van der Waals surface area contributed by atoms with Gasteiger partial charge in [-0.15, -0.1) is 0 Å². The van der Waals surface area contributed by atoms with E-state index in [1.165, 1.54) is 4.78 Å². The number of carbonyl (C=O) groups is 2. The number of hydrazine groups is 1. The Hall–Kier alpha value is -0.920. The Morgan fingerprint density at radius 1 is 0.806 bits per heavy atom. The van der Waals surface area contributed by atoms with E-state index in [4.69, 9.17) is 14.2 Å². The maximum absolute atomic E-state index is 13.8. The van der Waals surface area contributed by atoms with Gasteiger partial charge in [0.25, 0.3) is 0 Å². The first-order valence-corrected chi connectivity index (χ1v) is 15.5. The molecule has 12 heteroatoms. The number of nitrogens with zero attached hydrogens (tertiary/aromatic N) is 4. The number of hydrogen-bond acceptors (Lipinski definition) is 6. The van der Waals surface area contributed by atoms with Crippen LogP contribution in [0, 0.1) is 0 Å². The first-order chi connectivity index (χ1) is 15.8. The normalized spacial score (nSPS) is 22.3. The topological polar surface area (TPSA) is 98.7 Å². The fourth-order valence-corrected chi connectivity index (χ4v) is 12.6. The Morgan fingerprint density at radius 3 is 1.53 bits per heavy atom. The quantitative estimate of drug-likeness (QED) is 0.277. The van der Waals surface area contributed by atoms with Crippen LogP contribution in [0.4, 0.5) is 9.59 Å². The summed E-state index contributed by atoms with van der Waals surface area (Å²) in [6, 6.07) is 0. The molecule has 0 atom stereocenters. The standard InChI is InChI=1S/C24H52N6O4P2/c1-17(2)33-19(31)25-28(20(32)34-18(3)4)36(27-22(8,9)10)29(23(11,12)13)35(26-21(5,6)7)30(36)24(14,15)16/h17-18,26H,1-16H3,(H,25,31). The molecule has 10 nitrogen and oxygen atoms in total. The molecule has 0 aromatic carbocycles. The van der Waals surface area contributed by atoms with Crippen molar-refractivity contribution in [1.29, 1.82) is 0 Å². The third-order valence-corrected chi connectivity index (χ3v) is 13.4. The molecule has 0 bridgehead atoms. The zero-order valence-electron chi connectivity index (χ0n) is 25.5. The fraction of sp³-hybridized carbons (Fsp3) is 0.917. The Balaban J connectivity index is 4.09. The van der Waals surface area contributed by atoms with Crippen LogP contribution in [0.5, 0.6) is 0 Å². The van der Waals surface area contributed by atoms with Crippen molar-refractivity contribution >= 4 is 28.1 Å². The van der Waals surface area contributed by atoms with Crippen molar-refractivity contribution in [2.75, 3.05) is 0 Å². The van der Waals surface area contributed by atoms with Gasteiger partial charge in [-0.1, -0.05) is 0 Å². The smallest absolute Gasteiger partial charge is 0.435 e. The second-order valence-electron chi connectivity index (χ2n) is 13.7. The molecule has 1 saturated heterocycles. The van der Waals surface area contributed by atoms with Crippen molar-refractivity contribution < 1.29 is 19.1 Å². The van der Waals surface area contributed by atoms with E-state index in [-0.39, 0.29) is 17.7 Å². The molecule has 1 fully saturated rings. The highest BCUT2D eigenvalue weighted by atomic mass is 31.3. The van der Waals surface area contributed by atoms with Gasteiger partial charge in [0.15, 0.2) is 0 Å². The molecule has 2 N–H and O–H groups in total. The molecule has 1 rings (SSSR count). The predicted octanol–water partition coefficient (Wildman–Crippen LogP) is 7.46. The highest BCUT2D eigenvalue weighted by molar-refractivity contribution is 7.85. The number of nitrogens with one attached hydrogen (secondary N) is 2. The minimum Gasteiger partial charge on any atom is -0.446 e. The highest BCUT2D eigenvalue weighted by Gasteiger charge is 2.67. The first kappa shape index (κ1) is 33.1. The van der Waals surface area contributed by atoms with E-state index >= 15 is 0 Å². The second-order valence-corrected chi connectivity index (χ2v) is 18.4. The molecular formula is C24H52N6O4P2. The molecule has 0 spiro atoms. The monoisotopic (exact) mass is 550 g/mol. The first-order valence-electron chi connectivity index (χ1n) is 12.6. The molecular weight excluding hydrogens is 498 g/mol. The van der Waals surface area contributed by atoms with E-state index in [9.17, 15) is 9.59 Å². The van der Waals surface area contributed by atoms with Gasteiger partial charge >= 0.3 is 12.2 Å². The summed E-state index contributed by atoms with van der Waals surface area (Å²) in [4.78, 5) is 26.7. The molecule has 2 amide bonds. The van der Waals surface area contributed by atoms with Crippen LogP contribution in [0.15, 0.2) is 4.74 Å². The average Bonchev–Trinajstić information content (AvgIpc) is 2.51. The summed E-state index contributed by atoms with van der Waals surface area (Å²) < 4.78 is 22.4. The minimum atomic E-state index is -3.11. The predicted molar refractivity (Wildman–Crippen MR) is 150 cm³/mol. The molecule has 36 heavy (non-hydrogen) atoms. The molecule has 0 aromatic heterocycles. The molecule has 0 aromatic rings. The number of hydrogen-bond donors (Lipinski definition) is 2. The number of ether oxygens (including phenoxy) is 2. The van der Waals surface area contributed by atoms with Gasteiger partial charge < -0.3 is 9.47 Å². The molecule has 1 aliphatic heterocycles. The van der Waals surface area contributed by atoms with Crippen LogP contribution in [0.3, 0.4) is 0 Å². The van der Waals surface area contributed by atoms with Crippen LogP contribution >= 0.6 is 15.9 Å². The lowest BCUT2D eigenvalue weighted by Gasteiger charge is -2.69. The minimum absolute atomic E-state index is 0.205. The van der Waals surface area contributed by atoms with Crippen molar-refractivity contribution in [1.82, 2.24) is 24.2 Å². The maximum Gasteiger partial charge on any atom is 0.435 e. The van der Waals surface area contributed by atoms with Gasteiger partial charge in [-0.2, -0.15) is 13.7 Å². The van der Waals surface area contributed by atoms with Crippen LogP contribution < -0.4 is 10.5 Å². The summed E-state index contributed by atoms with van der Waals surface area (Å²) in [5.41, 5.74) is 1.20. The van der Waals surface area contributed by atoms with Gasteiger partial charge in [-0.3, -0.25) is 5.09 Å². The summed E-state index contributed by atoms with van der Waals surface area (Å²) in [5, 5.41) is 3.79. The van der Waals surface area contributed by atoms with Gasteiger partial charge in [-0.05, 0) is 111 Å². The Kier molecular flexibility index (Phi) is 10.2. The summed E-state index contributed by atoms with van der Waals surface area (Å²) in [5.74, 6) is 0. The van der Waals surface area contributed by atoms with Crippen LogP contribution in [-0.4, -0.2) is 60.2 Å². The van der Waals surface area contributed by atoms with Crippen LogP contribution in [0.25, 0.3) is 0 Å². The summed E-state index contributed by atoms with van der Waals surface area (Å²) in [6.45, 7) is 32.1. The van der Waals surface area contributed by atoms with Crippen molar-refractivity contribution in [3.05, 3.63) is 0 Å². The van der Waals surface area contributed by atoms with E-state index in [1.54, 1.807) is 27.7 Å². The zero-order chi connectivity index (χ0) is 28.7. The lowest BCUT2D eigenvalue weighted by Crippen LogP contribution is -2.65. The summed E-state index contributed by atoms with van der Waals surface area (Å²) in [7, 11) is -4.23. The molecule has 0 saturated carbocycles. The van der Waals surface area contributed by atoms with Gasteiger partial charge in [-0.25, -0.2) is 19.8 Å². The fourth-order valence-electron chi connectivity index (χ4n) is 3.63. The number of amides is 2. The van der Waals surface area contributed by atoms with Crippen molar-refractivity contribution in [3.63, 3.8) is 0 Å². The lowest BCUT2D eigenvalue weighted by atomic mass is 10.1. The summed E-state index contributed by atoms with van der Waals surface area (Å²) >= 11 is 0. The number of rotatable bonds is 4. The lowest BCUT2D eigenvalue weighted by molar-refractivity contribution is 0.0663. The molecule has 212 valence electrons. The second kappa shape index (κ2) is 11.1. The Labute approximate surface area is 221 Å². The maximum atomic E-state index is 13.8. The largest absolute Gasteiger partial charge is 0.446 e.